The smallest absolute Gasteiger partial charge is 0.252 e. The summed E-state index contributed by atoms with van der Waals surface area (Å²) in [4.78, 5) is 12.8. The van der Waals surface area contributed by atoms with Crippen molar-refractivity contribution in [2.75, 3.05) is 14.2 Å². The van der Waals surface area contributed by atoms with Gasteiger partial charge in [-0.1, -0.05) is 60.7 Å². The Labute approximate surface area is 171 Å². The first kappa shape index (κ1) is 20.3. The molecule has 0 aliphatic carbocycles. The Morgan fingerprint density at radius 2 is 1.45 bits per heavy atom. The number of amides is 1. The van der Waals surface area contributed by atoms with Crippen LogP contribution in [0, 0.1) is 0 Å². The molecule has 29 heavy (non-hydrogen) atoms. The zero-order valence-electron chi connectivity index (χ0n) is 16.8. The van der Waals surface area contributed by atoms with Crippen molar-refractivity contribution >= 4 is 5.91 Å². The van der Waals surface area contributed by atoms with E-state index in [1.54, 1.807) is 26.4 Å². The van der Waals surface area contributed by atoms with Crippen molar-refractivity contribution in [3.8, 4) is 17.2 Å². The van der Waals surface area contributed by atoms with E-state index in [0.29, 0.717) is 29.4 Å². The minimum absolute atomic E-state index is 0.130. The van der Waals surface area contributed by atoms with Gasteiger partial charge >= 0.3 is 0 Å². The number of ether oxygens (including phenoxy) is 3. The fourth-order valence-corrected chi connectivity index (χ4v) is 2.99. The number of methoxy groups -OCH3 is 2. The molecule has 3 rings (SSSR count). The highest BCUT2D eigenvalue weighted by molar-refractivity contribution is 5.95. The van der Waals surface area contributed by atoms with Crippen molar-refractivity contribution in [2.45, 2.75) is 19.6 Å². The molecule has 5 heteroatoms. The van der Waals surface area contributed by atoms with Gasteiger partial charge in [0.1, 0.15) is 6.61 Å². The summed E-state index contributed by atoms with van der Waals surface area (Å²) in [6.45, 7) is 2.31. The topological polar surface area (TPSA) is 56.8 Å². The number of carbonyl (C=O) groups excluding carboxylic acids is 1. The van der Waals surface area contributed by atoms with Gasteiger partial charge in [0, 0.05) is 5.56 Å². The summed E-state index contributed by atoms with van der Waals surface area (Å²) in [5, 5.41) is 3.00. The van der Waals surface area contributed by atoms with Crippen LogP contribution < -0.4 is 19.5 Å². The Hall–Kier alpha value is -3.47. The SMILES string of the molecule is COc1cc(C(=O)N[C@@H](C)c2ccccc2)cc(OC)c1OCc1ccccc1. The molecule has 0 unspecified atom stereocenters. The molecule has 3 aromatic carbocycles. The van der Waals surface area contributed by atoms with Gasteiger partial charge in [-0.15, -0.1) is 0 Å². The summed E-state index contributed by atoms with van der Waals surface area (Å²) in [6.07, 6.45) is 0. The van der Waals surface area contributed by atoms with E-state index in [0.717, 1.165) is 11.1 Å². The van der Waals surface area contributed by atoms with E-state index in [-0.39, 0.29) is 11.9 Å². The van der Waals surface area contributed by atoms with E-state index in [4.69, 9.17) is 14.2 Å². The second kappa shape index (κ2) is 9.64. The van der Waals surface area contributed by atoms with Gasteiger partial charge in [-0.2, -0.15) is 0 Å². The average molecular weight is 391 g/mol. The van der Waals surface area contributed by atoms with Gasteiger partial charge in [-0.05, 0) is 30.2 Å². The lowest BCUT2D eigenvalue weighted by Gasteiger charge is -2.18. The molecule has 0 saturated carbocycles. The monoisotopic (exact) mass is 391 g/mol. The normalized spacial score (nSPS) is 11.4. The Morgan fingerprint density at radius 3 is 2.00 bits per heavy atom. The molecule has 1 amide bonds. The molecule has 150 valence electrons. The first-order chi connectivity index (χ1) is 14.1. The molecule has 5 nitrogen and oxygen atoms in total. The van der Waals surface area contributed by atoms with Crippen LogP contribution in [0.25, 0.3) is 0 Å². The van der Waals surface area contributed by atoms with Crippen LogP contribution in [0.3, 0.4) is 0 Å². The number of hydrogen-bond donors (Lipinski definition) is 1. The summed E-state index contributed by atoms with van der Waals surface area (Å²) in [5.74, 6) is 1.13. The van der Waals surface area contributed by atoms with E-state index >= 15 is 0 Å². The van der Waals surface area contributed by atoms with Gasteiger partial charge in [-0.25, -0.2) is 0 Å². The summed E-state index contributed by atoms with van der Waals surface area (Å²) in [6, 6.07) is 22.8. The number of benzene rings is 3. The third-order valence-corrected chi connectivity index (χ3v) is 4.60. The van der Waals surface area contributed by atoms with Crippen LogP contribution in [-0.4, -0.2) is 20.1 Å². The third-order valence-electron chi connectivity index (χ3n) is 4.60. The first-order valence-corrected chi connectivity index (χ1v) is 9.41. The zero-order valence-corrected chi connectivity index (χ0v) is 16.8. The van der Waals surface area contributed by atoms with Gasteiger partial charge in [0.2, 0.25) is 5.75 Å². The summed E-state index contributed by atoms with van der Waals surface area (Å²) >= 11 is 0. The maximum atomic E-state index is 12.8. The molecule has 0 fully saturated rings. The average Bonchev–Trinajstić information content (AvgIpc) is 2.78. The van der Waals surface area contributed by atoms with Crippen molar-refractivity contribution in [3.63, 3.8) is 0 Å². The highest BCUT2D eigenvalue weighted by Gasteiger charge is 2.19. The number of nitrogens with one attached hydrogen (secondary N) is 1. The summed E-state index contributed by atoms with van der Waals surface area (Å²) < 4.78 is 16.9. The van der Waals surface area contributed by atoms with Gasteiger partial charge in [0.15, 0.2) is 11.5 Å². The van der Waals surface area contributed by atoms with Crippen molar-refractivity contribution in [3.05, 3.63) is 89.5 Å². The fourth-order valence-electron chi connectivity index (χ4n) is 2.99. The lowest BCUT2D eigenvalue weighted by atomic mass is 10.1. The van der Waals surface area contributed by atoms with Crippen molar-refractivity contribution in [1.82, 2.24) is 5.32 Å². The predicted molar refractivity (Wildman–Crippen MR) is 113 cm³/mol. The first-order valence-electron chi connectivity index (χ1n) is 9.41. The number of hydrogen-bond acceptors (Lipinski definition) is 4. The second-order valence-corrected chi connectivity index (χ2v) is 6.59. The summed E-state index contributed by atoms with van der Waals surface area (Å²) in [5.41, 5.74) is 2.49. The van der Waals surface area contributed by atoms with Crippen molar-refractivity contribution in [2.24, 2.45) is 0 Å². The van der Waals surface area contributed by atoms with Gasteiger partial charge < -0.3 is 19.5 Å². The van der Waals surface area contributed by atoms with Crippen LogP contribution in [0.2, 0.25) is 0 Å². The largest absolute Gasteiger partial charge is 0.493 e. The van der Waals surface area contributed by atoms with Crippen LogP contribution in [0.1, 0.15) is 34.5 Å². The zero-order chi connectivity index (χ0) is 20.6. The highest BCUT2D eigenvalue weighted by Crippen LogP contribution is 2.39. The molecule has 3 aromatic rings. The molecule has 0 aliphatic rings. The minimum atomic E-state index is -0.215. The molecule has 0 bridgehead atoms. The number of carbonyl (C=O) groups is 1. The molecule has 1 atom stereocenters. The lowest BCUT2D eigenvalue weighted by Crippen LogP contribution is -2.26. The molecule has 0 saturated heterocycles. The molecule has 0 spiro atoms. The summed E-state index contributed by atoms with van der Waals surface area (Å²) in [7, 11) is 3.08. The number of rotatable bonds is 8. The van der Waals surface area contributed by atoms with Crippen LogP contribution in [0.15, 0.2) is 72.8 Å². The van der Waals surface area contributed by atoms with Crippen molar-refractivity contribution < 1.29 is 19.0 Å². The quantitative estimate of drug-likeness (QED) is 0.601. The van der Waals surface area contributed by atoms with E-state index < -0.39 is 0 Å². The van der Waals surface area contributed by atoms with Gasteiger partial charge in [0.25, 0.3) is 5.91 Å². The Bertz CT molecular complexity index is 917. The molecule has 0 heterocycles. The molecule has 1 N–H and O–H groups in total. The van der Waals surface area contributed by atoms with E-state index in [1.807, 2.05) is 67.6 Å². The van der Waals surface area contributed by atoms with Crippen LogP contribution >= 0.6 is 0 Å². The molecule has 0 aromatic heterocycles. The Balaban J connectivity index is 1.80. The molecular formula is C24H25NO4. The van der Waals surface area contributed by atoms with E-state index in [1.165, 1.54) is 0 Å². The van der Waals surface area contributed by atoms with Crippen LogP contribution in [0.4, 0.5) is 0 Å². The predicted octanol–water partition coefficient (Wildman–Crippen LogP) is 4.77. The highest BCUT2D eigenvalue weighted by atomic mass is 16.5. The lowest BCUT2D eigenvalue weighted by molar-refractivity contribution is 0.0939. The van der Waals surface area contributed by atoms with Crippen molar-refractivity contribution in [1.29, 1.82) is 0 Å². The van der Waals surface area contributed by atoms with E-state index in [9.17, 15) is 4.79 Å². The Morgan fingerprint density at radius 1 is 0.897 bits per heavy atom. The maximum absolute atomic E-state index is 12.8. The van der Waals surface area contributed by atoms with E-state index in [2.05, 4.69) is 5.32 Å². The second-order valence-electron chi connectivity index (χ2n) is 6.59. The van der Waals surface area contributed by atoms with Gasteiger partial charge in [-0.3, -0.25) is 4.79 Å². The molecule has 0 radical (unpaired) electrons. The standard InChI is InChI=1S/C24H25NO4/c1-17(19-12-8-5-9-13-19)25-24(26)20-14-21(27-2)23(22(15-20)28-3)29-16-18-10-6-4-7-11-18/h4-15,17H,16H2,1-3H3,(H,25,26)/t17-/m0/s1. The van der Waals surface area contributed by atoms with Crippen LogP contribution in [0.5, 0.6) is 17.2 Å². The molecular weight excluding hydrogens is 366 g/mol. The Kier molecular flexibility index (Phi) is 6.74. The van der Waals surface area contributed by atoms with Crippen LogP contribution in [-0.2, 0) is 6.61 Å². The maximum Gasteiger partial charge on any atom is 0.252 e. The third kappa shape index (κ3) is 5.08. The minimum Gasteiger partial charge on any atom is -0.493 e. The van der Waals surface area contributed by atoms with Gasteiger partial charge in [0.05, 0.1) is 20.3 Å². The molecule has 0 aliphatic heterocycles. The fraction of sp³-hybridized carbons (Fsp3) is 0.208.